The van der Waals surface area contributed by atoms with Crippen LogP contribution in [0.15, 0.2) is 24.3 Å². The molecule has 1 heterocycles. The fourth-order valence-electron chi connectivity index (χ4n) is 2.36. The maximum Gasteiger partial charge on any atom is 0.218 e. The zero-order chi connectivity index (χ0) is 15.6. The highest BCUT2D eigenvalue weighted by molar-refractivity contribution is 8.00. The average Bonchev–Trinajstić information content (AvgIpc) is 2.41. The zero-order valence-electron chi connectivity index (χ0n) is 12.2. The van der Waals surface area contributed by atoms with Crippen LogP contribution in [0.25, 0.3) is 0 Å². The van der Waals surface area contributed by atoms with E-state index in [1.807, 2.05) is 18.7 Å². The van der Waals surface area contributed by atoms with Crippen molar-refractivity contribution in [2.45, 2.75) is 30.9 Å². The molecule has 2 rings (SSSR count). The first-order chi connectivity index (χ1) is 9.81. The van der Waals surface area contributed by atoms with E-state index in [2.05, 4.69) is 6.92 Å². The molecule has 2 unspecified atom stereocenters. The Morgan fingerprint density at radius 1 is 1.38 bits per heavy atom. The van der Waals surface area contributed by atoms with Gasteiger partial charge < -0.3 is 5.73 Å². The van der Waals surface area contributed by atoms with Crippen molar-refractivity contribution in [1.29, 1.82) is 0 Å². The molecule has 2 atom stereocenters. The number of sulfonamides is 1. The third-order valence-electron chi connectivity index (χ3n) is 3.77. The molecular formula is C14H20N2O2S3. The van der Waals surface area contributed by atoms with Crippen molar-refractivity contribution < 1.29 is 8.42 Å². The molecule has 7 heteroatoms. The molecule has 0 spiro atoms. The predicted octanol–water partition coefficient (Wildman–Crippen LogP) is 1.98. The highest BCUT2D eigenvalue weighted by atomic mass is 32.2. The van der Waals surface area contributed by atoms with Crippen molar-refractivity contribution in [1.82, 2.24) is 4.31 Å². The Morgan fingerprint density at radius 2 is 2.00 bits per heavy atom. The second-order valence-corrected chi connectivity index (χ2v) is 9.09. The quantitative estimate of drug-likeness (QED) is 0.846. The maximum atomic E-state index is 12.6. The minimum absolute atomic E-state index is 0.0202. The molecule has 0 aromatic heterocycles. The summed E-state index contributed by atoms with van der Waals surface area (Å²) < 4.78 is 26.8. The van der Waals surface area contributed by atoms with Gasteiger partial charge in [-0.3, -0.25) is 0 Å². The highest BCUT2D eigenvalue weighted by Crippen LogP contribution is 2.27. The van der Waals surface area contributed by atoms with Gasteiger partial charge in [0.2, 0.25) is 10.0 Å². The highest BCUT2D eigenvalue weighted by Gasteiger charge is 2.33. The van der Waals surface area contributed by atoms with Gasteiger partial charge >= 0.3 is 0 Å². The van der Waals surface area contributed by atoms with Crippen molar-refractivity contribution in [3.63, 3.8) is 0 Å². The van der Waals surface area contributed by atoms with Crippen molar-refractivity contribution in [2.24, 2.45) is 5.73 Å². The van der Waals surface area contributed by atoms with Crippen molar-refractivity contribution in [2.75, 3.05) is 12.3 Å². The van der Waals surface area contributed by atoms with E-state index in [4.69, 9.17) is 18.0 Å². The standard InChI is InChI=1S/C14H20N2O2S3/c1-10-11(2)20-8-7-16(10)21(17,18)9-12-3-5-13(6-4-12)14(15)19/h3-6,10-11H,7-9H2,1-2H3,(H2,15,19). The van der Waals surface area contributed by atoms with E-state index in [0.717, 1.165) is 16.9 Å². The van der Waals surface area contributed by atoms with Gasteiger partial charge in [0, 0.05) is 29.2 Å². The van der Waals surface area contributed by atoms with E-state index < -0.39 is 10.0 Å². The van der Waals surface area contributed by atoms with Crippen LogP contribution in [0.3, 0.4) is 0 Å². The van der Waals surface area contributed by atoms with E-state index in [9.17, 15) is 8.42 Å². The van der Waals surface area contributed by atoms with Crippen LogP contribution in [-0.4, -0.2) is 41.3 Å². The first-order valence-corrected chi connectivity index (χ1v) is 9.88. The summed E-state index contributed by atoms with van der Waals surface area (Å²) in [4.78, 5) is 0.319. The smallest absolute Gasteiger partial charge is 0.218 e. The van der Waals surface area contributed by atoms with E-state index in [1.54, 1.807) is 28.6 Å². The van der Waals surface area contributed by atoms with Crippen LogP contribution in [-0.2, 0) is 15.8 Å². The molecule has 1 aliphatic heterocycles. The fourth-order valence-corrected chi connectivity index (χ4v) is 5.62. The van der Waals surface area contributed by atoms with Crippen LogP contribution in [0.5, 0.6) is 0 Å². The molecule has 116 valence electrons. The van der Waals surface area contributed by atoms with Crippen molar-refractivity contribution in [3.05, 3.63) is 35.4 Å². The minimum atomic E-state index is -3.30. The number of hydrogen-bond donors (Lipinski definition) is 1. The van der Waals surface area contributed by atoms with Gasteiger partial charge in [-0.1, -0.05) is 43.4 Å². The van der Waals surface area contributed by atoms with Gasteiger partial charge in [0.05, 0.1) is 5.75 Å². The molecule has 0 aliphatic carbocycles. The Labute approximate surface area is 136 Å². The van der Waals surface area contributed by atoms with Crippen molar-refractivity contribution in [3.8, 4) is 0 Å². The number of rotatable bonds is 4. The number of benzene rings is 1. The summed E-state index contributed by atoms with van der Waals surface area (Å²) in [6.07, 6.45) is 0. The van der Waals surface area contributed by atoms with Crippen molar-refractivity contribution >= 4 is 39.0 Å². The van der Waals surface area contributed by atoms with Gasteiger partial charge in [0.15, 0.2) is 0 Å². The molecule has 0 bridgehead atoms. The second kappa shape index (κ2) is 6.64. The summed E-state index contributed by atoms with van der Waals surface area (Å²) in [5.41, 5.74) is 7.05. The second-order valence-electron chi connectivity index (χ2n) is 5.24. The number of thiocarbonyl (C=S) groups is 1. The van der Waals surface area contributed by atoms with Gasteiger partial charge in [0.25, 0.3) is 0 Å². The Balaban J connectivity index is 2.15. The Bertz CT molecular complexity index is 614. The molecule has 1 aromatic rings. The lowest BCUT2D eigenvalue weighted by Crippen LogP contribution is -2.48. The first-order valence-electron chi connectivity index (χ1n) is 6.81. The summed E-state index contributed by atoms with van der Waals surface area (Å²) in [7, 11) is -3.30. The molecule has 1 aromatic carbocycles. The summed E-state index contributed by atoms with van der Waals surface area (Å²) in [5, 5.41) is 0.325. The molecule has 2 N–H and O–H groups in total. The summed E-state index contributed by atoms with van der Waals surface area (Å²) in [5.74, 6) is 0.872. The van der Waals surface area contributed by atoms with Gasteiger partial charge in [-0.25, -0.2) is 8.42 Å². The lowest BCUT2D eigenvalue weighted by atomic mass is 10.1. The van der Waals surface area contributed by atoms with E-state index in [1.165, 1.54) is 0 Å². The minimum Gasteiger partial charge on any atom is -0.389 e. The van der Waals surface area contributed by atoms with Gasteiger partial charge in [-0.15, -0.1) is 0 Å². The number of nitrogens with two attached hydrogens (primary N) is 1. The van der Waals surface area contributed by atoms with Gasteiger partial charge in [-0.05, 0) is 12.5 Å². The fraction of sp³-hybridized carbons (Fsp3) is 0.500. The third kappa shape index (κ3) is 3.97. The molecule has 4 nitrogen and oxygen atoms in total. The zero-order valence-corrected chi connectivity index (χ0v) is 14.6. The van der Waals surface area contributed by atoms with Crippen LogP contribution in [0.4, 0.5) is 0 Å². The van der Waals surface area contributed by atoms with Gasteiger partial charge in [0.1, 0.15) is 4.99 Å². The molecular weight excluding hydrogens is 324 g/mol. The Morgan fingerprint density at radius 3 is 2.57 bits per heavy atom. The Kier molecular flexibility index (Phi) is 5.29. The molecule has 0 amide bonds. The third-order valence-corrected chi connectivity index (χ3v) is 7.27. The Hall–Kier alpha value is -0.630. The average molecular weight is 345 g/mol. The van der Waals surface area contributed by atoms with Crippen LogP contribution in [0.1, 0.15) is 25.0 Å². The lowest BCUT2D eigenvalue weighted by molar-refractivity contribution is 0.340. The molecule has 1 fully saturated rings. The summed E-state index contributed by atoms with van der Waals surface area (Å²) >= 11 is 6.72. The monoisotopic (exact) mass is 344 g/mol. The SMILES string of the molecule is CC1SCCN(S(=O)(=O)Cc2ccc(C(N)=S)cc2)C1C. The molecule has 1 aliphatic rings. The summed E-state index contributed by atoms with van der Waals surface area (Å²) in [6, 6.07) is 7.12. The predicted molar refractivity (Wildman–Crippen MR) is 93.0 cm³/mol. The normalized spacial score (nSPS) is 23.9. The molecule has 21 heavy (non-hydrogen) atoms. The van der Waals surface area contributed by atoms with E-state index in [-0.39, 0.29) is 11.8 Å². The maximum absolute atomic E-state index is 12.6. The van der Waals surface area contributed by atoms with E-state index in [0.29, 0.717) is 16.8 Å². The van der Waals surface area contributed by atoms with Crippen LogP contribution >= 0.6 is 24.0 Å². The van der Waals surface area contributed by atoms with Crippen LogP contribution in [0, 0.1) is 0 Å². The van der Waals surface area contributed by atoms with Crippen LogP contribution < -0.4 is 5.73 Å². The molecule has 0 radical (unpaired) electrons. The number of nitrogens with zero attached hydrogens (tertiary/aromatic N) is 1. The number of thioether (sulfide) groups is 1. The van der Waals surface area contributed by atoms with Gasteiger partial charge in [-0.2, -0.15) is 16.1 Å². The molecule has 1 saturated heterocycles. The summed E-state index contributed by atoms with van der Waals surface area (Å²) in [6.45, 7) is 4.64. The first kappa shape index (κ1) is 16.7. The molecule has 0 saturated carbocycles. The van der Waals surface area contributed by atoms with Crippen LogP contribution in [0.2, 0.25) is 0 Å². The lowest BCUT2D eigenvalue weighted by Gasteiger charge is -2.36. The largest absolute Gasteiger partial charge is 0.389 e. The number of hydrogen-bond acceptors (Lipinski definition) is 4. The topological polar surface area (TPSA) is 63.4 Å². The van der Waals surface area contributed by atoms with E-state index >= 15 is 0 Å².